The monoisotopic (exact) mass is 302 g/mol. The molecule has 0 saturated heterocycles. The third-order valence-corrected chi connectivity index (χ3v) is 3.78. The van der Waals surface area contributed by atoms with E-state index in [-0.39, 0.29) is 5.97 Å². The summed E-state index contributed by atoms with van der Waals surface area (Å²) >= 11 is 0. The van der Waals surface area contributed by atoms with Gasteiger partial charge >= 0.3 is 5.97 Å². The van der Waals surface area contributed by atoms with Crippen LogP contribution in [-0.4, -0.2) is 37.6 Å². The molecule has 22 heavy (non-hydrogen) atoms. The number of ether oxygens (including phenoxy) is 1. The molecule has 2 aromatic rings. The maximum atomic E-state index is 12.4. The number of fused-ring (bicyclic) bond motifs is 1. The summed E-state index contributed by atoms with van der Waals surface area (Å²) in [5.41, 5.74) is 3.08. The van der Waals surface area contributed by atoms with Crippen molar-refractivity contribution in [3.05, 3.63) is 35.1 Å². The van der Waals surface area contributed by atoms with Gasteiger partial charge in [-0.15, -0.1) is 0 Å². The molecule has 1 atom stereocenters. The van der Waals surface area contributed by atoms with Gasteiger partial charge in [0.25, 0.3) is 0 Å². The molecule has 0 aliphatic carbocycles. The Morgan fingerprint density at radius 3 is 2.86 bits per heavy atom. The summed E-state index contributed by atoms with van der Waals surface area (Å²) in [7, 11) is 3.23. The molecule has 0 fully saturated rings. The van der Waals surface area contributed by atoms with Gasteiger partial charge in [-0.2, -0.15) is 15.2 Å². The molecule has 116 valence electrons. The van der Waals surface area contributed by atoms with Gasteiger partial charge in [-0.05, 0) is 13.3 Å². The molecular weight excluding hydrogens is 284 g/mol. The number of allylic oxidation sites excluding steroid dienone is 1. The Kier molecular flexibility index (Phi) is 3.44. The standard InChI is InChI=1S/C14H18N6O2/c1-5-10-11(13(21)22-4)12(9-6-19(3)18-8(9)2)20-14(17-10)15-7-16-20/h6-7,12H,5H2,1-4H3,(H,15,16,17)/t12-/m1/s1. The van der Waals surface area contributed by atoms with Gasteiger partial charge in [-0.3, -0.25) is 4.68 Å². The summed E-state index contributed by atoms with van der Waals surface area (Å²) in [4.78, 5) is 16.6. The van der Waals surface area contributed by atoms with E-state index in [0.717, 1.165) is 17.0 Å². The smallest absolute Gasteiger partial charge is 0.338 e. The van der Waals surface area contributed by atoms with Crippen molar-refractivity contribution in [2.75, 3.05) is 12.4 Å². The maximum absolute atomic E-state index is 12.4. The molecule has 0 bridgehead atoms. The number of esters is 1. The lowest BCUT2D eigenvalue weighted by Crippen LogP contribution is -2.30. The highest BCUT2D eigenvalue weighted by molar-refractivity contribution is 5.92. The van der Waals surface area contributed by atoms with E-state index in [2.05, 4.69) is 20.5 Å². The Labute approximate surface area is 127 Å². The van der Waals surface area contributed by atoms with E-state index in [1.807, 2.05) is 27.1 Å². The number of hydrogen-bond acceptors (Lipinski definition) is 6. The van der Waals surface area contributed by atoms with Crippen LogP contribution >= 0.6 is 0 Å². The molecule has 0 saturated carbocycles. The van der Waals surface area contributed by atoms with Gasteiger partial charge in [0, 0.05) is 24.5 Å². The van der Waals surface area contributed by atoms with Gasteiger partial charge in [-0.1, -0.05) is 6.92 Å². The summed E-state index contributed by atoms with van der Waals surface area (Å²) < 4.78 is 8.40. The van der Waals surface area contributed by atoms with E-state index in [1.165, 1.54) is 13.4 Å². The average Bonchev–Trinajstić information content (AvgIpc) is 3.10. The zero-order valence-corrected chi connectivity index (χ0v) is 13.0. The molecule has 3 rings (SSSR count). The number of nitrogens with zero attached hydrogens (tertiary/aromatic N) is 5. The molecule has 2 aromatic heterocycles. The molecular formula is C14H18N6O2. The van der Waals surface area contributed by atoms with E-state index in [0.29, 0.717) is 17.9 Å². The lowest BCUT2D eigenvalue weighted by atomic mass is 9.95. The Balaban J connectivity index is 2.24. The van der Waals surface area contributed by atoms with Crippen LogP contribution in [0.4, 0.5) is 5.95 Å². The lowest BCUT2D eigenvalue weighted by Gasteiger charge is -2.28. The second-order valence-electron chi connectivity index (χ2n) is 5.14. The molecule has 0 radical (unpaired) electrons. The Hall–Kier alpha value is -2.64. The predicted molar refractivity (Wildman–Crippen MR) is 79.1 cm³/mol. The van der Waals surface area contributed by atoms with Crippen molar-refractivity contribution in [2.45, 2.75) is 26.3 Å². The molecule has 1 N–H and O–H groups in total. The fourth-order valence-corrected chi connectivity index (χ4v) is 2.82. The molecule has 8 heteroatoms. The first-order chi connectivity index (χ1) is 10.6. The first-order valence-electron chi connectivity index (χ1n) is 7.04. The van der Waals surface area contributed by atoms with Crippen molar-refractivity contribution in [1.29, 1.82) is 0 Å². The number of nitrogens with one attached hydrogen (secondary N) is 1. The van der Waals surface area contributed by atoms with Gasteiger partial charge in [0.2, 0.25) is 5.95 Å². The van der Waals surface area contributed by atoms with Crippen LogP contribution in [-0.2, 0) is 16.6 Å². The second kappa shape index (κ2) is 5.28. The molecule has 0 unspecified atom stereocenters. The highest BCUT2D eigenvalue weighted by Gasteiger charge is 2.36. The zero-order valence-electron chi connectivity index (χ0n) is 13.0. The summed E-state index contributed by atoms with van der Waals surface area (Å²) in [6.45, 7) is 3.89. The molecule has 0 amide bonds. The summed E-state index contributed by atoms with van der Waals surface area (Å²) in [5.74, 6) is 0.233. The summed E-state index contributed by atoms with van der Waals surface area (Å²) in [6, 6.07) is -0.394. The minimum absolute atomic E-state index is 0.376. The maximum Gasteiger partial charge on any atom is 0.338 e. The average molecular weight is 302 g/mol. The van der Waals surface area contributed by atoms with E-state index in [4.69, 9.17) is 4.74 Å². The molecule has 3 heterocycles. The highest BCUT2D eigenvalue weighted by atomic mass is 16.5. The van der Waals surface area contributed by atoms with Crippen LogP contribution in [0.2, 0.25) is 0 Å². The van der Waals surface area contributed by atoms with E-state index in [9.17, 15) is 4.79 Å². The van der Waals surface area contributed by atoms with Crippen molar-refractivity contribution < 1.29 is 9.53 Å². The van der Waals surface area contributed by atoms with Crippen molar-refractivity contribution in [3.8, 4) is 0 Å². The van der Waals surface area contributed by atoms with E-state index < -0.39 is 6.04 Å². The second-order valence-corrected chi connectivity index (χ2v) is 5.14. The molecule has 8 nitrogen and oxygen atoms in total. The number of hydrogen-bond donors (Lipinski definition) is 1. The number of rotatable bonds is 3. The van der Waals surface area contributed by atoms with Crippen LogP contribution in [0.3, 0.4) is 0 Å². The van der Waals surface area contributed by atoms with Crippen LogP contribution in [0.5, 0.6) is 0 Å². The van der Waals surface area contributed by atoms with Crippen LogP contribution in [0.25, 0.3) is 0 Å². The van der Waals surface area contributed by atoms with Crippen LogP contribution in [0.15, 0.2) is 23.8 Å². The van der Waals surface area contributed by atoms with Crippen molar-refractivity contribution in [3.63, 3.8) is 0 Å². The van der Waals surface area contributed by atoms with Crippen molar-refractivity contribution in [1.82, 2.24) is 24.5 Å². The van der Waals surface area contributed by atoms with Gasteiger partial charge in [-0.25, -0.2) is 9.48 Å². The van der Waals surface area contributed by atoms with Gasteiger partial charge < -0.3 is 10.1 Å². The number of carbonyl (C=O) groups excluding carboxylic acids is 1. The topological polar surface area (TPSA) is 86.9 Å². The Bertz CT molecular complexity index is 757. The first-order valence-corrected chi connectivity index (χ1v) is 7.04. The van der Waals surface area contributed by atoms with E-state index >= 15 is 0 Å². The SMILES string of the molecule is CCC1=C(C(=O)OC)[C@@H](c2cn(C)nc2C)n2ncnc2N1. The number of carbonyl (C=O) groups is 1. The lowest BCUT2D eigenvalue weighted by molar-refractivity contribution is -0.136. The van der Waals surface area contributed by atoms with E-state index in [1.54, 1.807) is 9.36 Å². The Morgan fingerprint density at radius 2 is 2.27 bits per heavy atom. The fraction of sp³-hybridized carbons (Fsp3) is 0.429. The van der Waals surface area contributed by atoms with Crippen LogP contribution in [0, 0.1) is 6.92 Å². The number of aromatic nitrogens is 5. The minimum atomic E-state index is -0.394. The zero-order chi connectivity index (χ0) is 15.9. The van der Waals surface area contributed by atoms with Crippen molar-refractivity contribution in [2.24, 2.45) is 7.05 Å². The first kappa shape index (κ1) is 14.3. The summed E-state index contributed by atoms with van der Waals surface area (Å²) in [5, 5.41) is 11.8. The van der Waals surface area contributed by atoms with Gasteiger partial charge in [0.15, 0.2) is 0 Å². The molecule has 1 aliphatic heterocycles. The third kappa shape index (κ3) is 2.07. The minimum Gasteiger partial charge on any atom is -0.466 e. The van der Waals surface area contributed by atoms with Crippen LogP contribution < -0.4 is 5.32 Å². The van der Waals surface area contributed by atoms with Gasteiger partial charge in [0.05, 0.1) is 18.4 Å². The van der Waals surface area contributed by atoms with Gasteiger partial charge in [0.1, 0.15) is 12.4 Å². The van der Waals surface area contributed by atoms with Crippen LogP contribution in [0.1, 0.15) is 30.6 Å². The highest BCUT2D eigenvalue weighted by Crippen LogP contribution is 2.36. The molecule has 0 spiro atoms. The number of aryl methyl sites for hydroxylation is 2. The predicted octanol–water partition coefficient (Wildman–Crippen LogP) is 1.17. The number of anilines is 1. The fourth-order valence-electron chi connectivity index (χ4n) is 2.82. The number of methoxy groups -OCH3 is 1. The quantitative estimate of drug-likeness (QED) is 0.857. The summed E-state index contributed by atoms with van der Waals surface area (Å²) in [6.07, 6.45) is 4.02. The van der Waals surface area contributed by atoms with Crippen molar-refractivity contribution >= 4 is 11.9 Å². The normalized spacial score (nSPS) is 17.2. The third-order valence-electron chi connectivity index (χ3n) is 3.78. The largest absolute Gasteiger partial charge is 0.466 e. The molecule has 0 aromatic carbocycles. The molecule has 1 aliphatic rings. The Morgan fingerprint density at radius 1 is 1.50 bits per heavy atom.